The van der Waals surface area contributed by atoms with Crippen LogP contribution in [0.15, 0.2) is 47.4 Å². The van der Waals surface area contributed by atoms with E-state index in [-0.39, 0.29) is 17.7 Å². The summed E-state index contributed by atoms with van der Waals surface area (Å²) in [4.78, 5) is 16.6. The molecular weight excluding hydrogens is 358 g/mol. The first-order chi connectivity index (χ1) is 13.1. The van der Waals surface area contributed by atoms with Crippen LogP contribution in [0.2, 0.25) is 0 Å². The molecule has 2 aromatic rings. The number of aromatic hydroxyl groups is 1. The van der Waals surface area contributed by atoms with Crippen molar-refractivity contribution in [2.24, 2.45) is 0 Å². The van der Waals surface area contributed by atoms with Gasteiger partial charge in [0.25, 0.3) is 5.91 Å². The SMILES string of the molecule is COc1cc(C2=C(c3ccc(SC)cc3)CC3CCCN3C2=O)ccc1O. The molecule has 140 valence electrons. The van der Waals surface area contributed by atoms with Gasteiger partial charge < -0.3 is 14.7 Å². The van der Waals surface area contributed by atoms with Gasteiger partial charge >= 0.3 is 0 Å². The molecule has 1 amide bonds. The Labute approximate surface area is 163 Å². The van der Waals surface area contributed by atoms with E-state index < -0.39 is 0 Å². The van der Waals surface area contributed by atoms with Crippen LogP contribution in [0.5, 0.6) is 11.5 Å². The first-order valence-corrected chi connectivity index (χ1v) is 10.4. The largest absolute Gasteiger partial charge is 0.504 e. The average molecular weight is 381 g/mol. The van der Waals surface area contributed by atoms with Crippen molar-refractivity contribution in [3.8, 4) is 11.5 Å². The minimum Gasteiger partial charge on any atom is -0.504 e. The smallest absolute Gasteiger partial charge is 0.255 e. The number of hydrogen-bond acceptors (Lipinski definition) is 4. The molecule has 1 saturated heterocycles. The maximum atomic E-state index is 13.4. The molecule has 5 heteroatoms. The molecule has 1 fully saturated rings. The number of amides is 1. The number of carbonyl (C=O) groups is 1. The number of hydrogen-bond donors (Lipinski definition) is 1. The van der Waals surface area contributed by atoms with E-state index in [9.17, 15) is 9.90 Å². The first kappa shape index (κ1) is 18.0. The number of fused-ring (bicyclic) bond motifs is 1. The van der Waals surface area contributed by atoms with Crippen LogP contribution < -0.4 is 4.74 Å². The summed E-state index contributed by atoms with van der Waals surface area (Å²) in [5, 5.41) is 9.95. The normalized spacial score (nSPS) is 19.4. The zero-order valence-electron chi connectivity index (χ0n) is 15.6. The van der Waals surface area contributed by atoms with E-state index in [1.807, 2.05) is 4.90 Å². The number of thioether (sulfide) groups is 1. The van der Waals surface area contributed by atoms with E-state index in [2.05, 4.69) is 30.5 Å². The van der Waals surface area contributed by atoms with Gasteiger partial charge in [0.15, 0.2) is 11.5 Å². The van der Waals surface area contributed by atoms with Crippen LogP contribution >= 0.6 is 11.8 Å². The zero-order valence-corrected chi connectivity index (χ0v) is 16.4. The number of carbonyl (C=O) groups excluding carboxylic acids is 1. The second-order valence-corrected chi connectivity index (χ2v) is 7.85. The van der Waals surface area contributed by atoms with Crippen LogP contribution in [0.4, 0.5) is 0 Å². The summed E-state index contributed by atoms with van der Waals surface area (Å²) < 4.78 is 5.27. The summed E-state index contributed by atoms with van der Waals surface area (Å²) in [7, 11) is 1.52. The second-order valence-electron chi connectivity index (χ2n) is 6.97. The third kappa shape index (κ3) is 3.21. The van der Waals surface area contributed by atoms with Crippen LogP contribution in [-0.2, 0) is 4.79 Å². The molecule has 1 atom stereocenters. The van der Waals surface area contributed by atoms with Gasteiger partial charge in [0.05, 0.1) is 12.7 Å². The van der Waals surface area contributed by atoms with E-state index in [1.54, 1.807) is 30.0 Å². The van der Waals surface area contributed by atoms with Crippen molar-refractivity contribution in [3.05, 3.63) is 53.6 Å². The summed E-state index contributed by atoms with van der Waals surface area (Å²) in [6, 6.07) is 13.9. The molecule has 1 unspecified atom stereocenters. The molecule has 0 saturated carbocycles. The van der Waals surface area contributed by atoms with Crippen LogP contribution in [0.3, 0.4) is 0 Å². The number of phenols is 1. The summed E-state index contributed by atoms with van der Waals surface area (Å²) in [6.45, 7) is 0.820. The number of ether oxygens (including phenoxy) is 1. The van der Waals surface area contributed by atoms with Gasteiger partial charge in [-0.15, -0.1) is 11.8 Å². The highest BCUT2D eigenvalue weighted by Crippen LogP contribution is 2.42. The molecule has 2 heterocycles. The van der Waals surface area contributed by atoms with Gasteiger partial charge in [0.2, 0.25) is 0 Å². The van der Waals surface area contributed by atoms with Crippen LogP contribution in [0.1, 0.15) is 30.4 Å². The third-order valence-corrected chi connectivity index (χ3v) is 6.24. The molecule has 0 aromatic heterocycles. The second kappa shape index (κ2) is 7.31. The number of benzene rings is 2. The number of methoxy groups -OCH3 is 1. The monoisotopic (exact) mass is 381 g/mol. The minimum atomic E-state index is 0.0787. The fourth-order valence-electron chi connectivity index (χ4n) is 4.11. The molecule has 27 heavy (non-hydrogen) atoms. The van der Waals surface area contributed by atoms with E-state index in [0.717, 1.165) is 48.1 Å². The van der Waals surface area contributed by atoms with Crippen LogP contribution in [0.25, 0.3) is 11.1 Å². The summed E-state index contributed by atoms with van der Waals surface area (Å²) in [6.07, 6.45) is 5.04. The Morgan fingerprint density at radius 3 is 2.59 bits per heavy atom. The van der Waals surface area contributed by atoms with Crippen molar-refractivity contribution in [1.29, 1.82) is 0 Å². The lowest BCUT2D eigenvalue weighted by molar-refractivity contribution is -0.126. The Hall–Kier alpha value is -2.40. The number of phenolic OH excluding ortho intramolecular Hbond substituents is 1. The Morgan fingerprint density at radius 2 is 1.89 bits per heavy atom. The Kier molecular flexibility index (Phi) is 4.87. The summed E-state index contributed by atoms with van der Waals surface area (Å²) in [5.41, 5.74) is 3.70. The topological polar surface area (TPSA) is 49.8 Å². The van der Waals surface area contributed by atoms with Gasteiger partial charge in [0.1, 0.15) is 0 Å². The first-order valence-electron chi connectivity index (χ1n) is 9.18. The fraction of sp³-hybridized carbons (Fsp3) is 0.318. The van der Waals surface area contributed by atoms with Crippen molar-refractivity contribution in [1.82, 2.24) is 4.90 Å². The van der Waals surface area contributed by atoms with Gasteiger partial charge in [-0.25, -0.2) is 0 Å². The van der Waals surface area contributed by atoms with Gasteiger partial charge in [-0.2, -0.15) is 0 Å². The zero-order chi connectivity index (χ0) is 19.0. The lowest BCUT2D eigenvalue weighted by atomic mass is 9.85. The average Bonchev–Trinajstić information content (AvgIpc) is 3.18. The molecule has 2 aliphatic heterocycles. The van der Waals surface area contributed by atoms with Gasteiger partial charge in [0, 0.05) is 17.5 Å². The summed E-state index contributed by atoms with van der Waals surface area (Å²) >= 11 is 1.71. The maximum Gasteiger partial charge on any atom is 0.255 e. The highest BCUT2D eigenvalue weighted by atomic mass is 32.2. The number of nitrogens with zero attached hydrogens (tertiary/aromatic N) is 1. The van der Waals surface area contributed by atoms with E-state index in [4.69, 9.17) is 4.74 Å². The molecule has 1 N–H and O–H groups in total. The van der Waals surface area contributed by atoms with Crippen molar-refractivity contribution >= 4 is 28.8 Å². The molecule has 0 aliphatic carbocycles. The van der Waals surface area contributed by atoms with Crippen molar-refractivity contribution in [2.75, 3.05) is 19.9 Å². The highest BCUT2D eigenvalue weighted by molar-refractivity contribution is 7.98. The minimum absolute atomic E-state index is 0.0787. The van der Waals surface area contributed by atoms with Gasteiger partial charge in [-0.1, -0.05) is 18.2 Å². The lowest BCUT2D eigenvalue weighted by Crippen LogP contribution is -2.39. The summed E-state index contributed by atoms with van der Waals surface area (Å²) in [5.74, 6) is 0.545. The quantitative estimate of drug-likeness (QED) is 0.796. The Balaban J connectivity index is 1.88. The number of rotatable bonds is 4. The molecule has 2 aromatic carbocycles. The van der Waals surface area contributed by atoms with E-state index in [1.165, 1.54) is 12.0 Å². The predicted molar refractivity (Wildman–Crippen MR) is 109 cm³/mol. The molecule has 4 rings (SSSR count). The molecule has 0 radical (unpaired) electrons. The molecular formula is C22H23NO3S. The molecule has 4 nitrogen and oxygen atoms in total. The van der Waals surface area contributed by atoms with Crippen molar-refractivity contribution in [2.45, 2.75) is 30.2 Å². The van der Waals surface area contributed by atoms with Crippen molar-refractivity contribution < 1.29 is 14.6 Å². The lowest BCUT2D eigenvalue weighted by Gasteiger charge is -2.33. The van der Waals surface area contributed by atoms with Crippen LogP contribution in [-0.4, -0.2) is 41.9 Å². The molecule has 0 spiro atoms. The molecule has 0 bridgehead atoms. The Bertz CT molecular complexity index is 904. The van der Waals surface area contributed by atoms with Crippen LogP contribution in [0, 0.1) is 0 Å². The third-order valence-electron chi connectivity index (χ3n) is 5.50. The van der Waals surface area contributed by atoms with Gasteiger partial charge in [-0.3, -0.25) is 4.79 Å². The van der Waals surface area contributed by atoms with E-state index >= 15 is 0 Å². The molecule has 2 aliphatic rings. The highest BCUT2D eigenvalue weighted by Gasteiger charge is 2.38. The van der Waals surface area contributed by atoms with Crippen molar-refractivity contribution in [3.63, 3.8) is 0 Å². The maximum absolute atomic E-state index is 13.4. The van der Waals surface area contributed by atoms with E-state index in [0.29, 0.717) is 5.75 Å². The Morgan fingerprint density at radius 1 is 1.15 bits per heavy atom. The predicted octanol–water partition coefficient (Wildman–Crippen LogP) is 4.43. The van der Waals surface area contributed by atoms with Gasteiger partial charge in [-0.05, 0) is 66.5 Å². The fourth-order valence-corrected chi connectivity index (χ4v) is 4.52. The standard InChI is InChI=1S/C22H23NO3S/c1-26-20-12-15(7-10-19(20)24)21-18(14-5-8-17(27-2)9-6-14)13-16-4-3-11-23(16)22(21)25/h5-10,12,16,24H,3-4,11,13H2,1-2H3.